The number of benzene rings is 2. The van der Waals surface area contributed by atoms with Gasteiger partial charge in [0.2, 0.25) is 5.91 Å². The molecule has 5 nitrogen and oxygen atoms in total. The van der Waals surface area contributed by atoms with E-state index in [2.05, 4.69) is 0 Å². The lowest BCUT2D eigenvalue weighted by atomic mass is 9.73. The van der Waals surface area contributed by atoms with Gasteiger partial charge in [0.05, 0.1) is 11.8 Å². The maximum atomic E-state index is 12.4. The number of carboxylic acids is 1. The number of carbonyl (C=O) groups is 2. The Kier molecular flexibility index (Phi) is 4.51. The second-order valence-corrected chi connectivity index (χ2v) is 5.93. The molecule has 0 radical (unpaired) electrons. The van der Waals surface area contributed by atoms with Gasteiger partial charge in [-0.25, -0.2) is 0 Å². The highest BCUT2D eigenvalue weighted by Gasteiger charge is 2.42. The zero-order chi connectivity index (χ0) is 17.1. The normalized spacial score (nSPS) is 19.2. The number of carbonyl (C=O) groups excluding carboxylic acids is 1. The lowest BCUT2D eigenvalue weighted by molar-refractivity contribution is -0.151. The third-order valence-electron chi connectivity index (χ3n) is 4.44. The molecule has 0 spiro atoms. The van der Waals surface area contributed by atoms with E-state index in [1.807, 2.05) is 30.3 Å². The molecular formula is C19H19NO4. The molecule has 1 N–H and O–H groups in total. The molecule has 1 fully saturated rings. The topological polar surface area (TPSA) is 66.8 Å². The zero-order valence-electron chi connectivity index (χ0n) is 13.4. The van der Waals surface area contributed by atoms with Crippen LogP contribution in [-0.4, -0.2) is 24.0 Å². The fourth-order valence-electron chi connectivity index (χ4n) is 2.83. The van der Waals surface area contributed by atoms with Crippen LogP contribution < -0.4 is 9.64 Å². The van der Waals surface area contributed by atoms with Crippen molar-refractivity contribution >= 4 is 17.6 Å². The van der Waals surface area contributed by atoms with E-state index in [9.17, 15) is 9.59 Å². The average molecular weight is 325 g/mol. The first-order valence-electron chi connectivity index (χ1n) is 7.89. The first-order chi connectivity index (χ1) is 11.6. The number of anilines is 1. The number of hydrogen-bond donors (Lipinski definition) is 1. The van der Waals surface area contributed by atoms with Gasteiger partial charge in [0.1, 0.15) is 11.5 Å². The van der Waals surface area contributed by atoms with Gasteiger partial charge in [0.15, 0.2) is 0 Å². The number of nitrogens with zero attached hydrogens (tertiary/aromatic N) is 1. The molecule has 0 bridgehead atoms. The Morgan fingerprint density at radius 1 is 0.958 bits per heavy atom. The fraction of sp³-hybridized carbons (Fsp3) is 0.263. The standard InChI is InChI=1S/C19H19NO4/c1-20(18(21)16-11-12-17(16)19(22)23)13-7-9-15(10-8-13)24-14-5-3-2-4-6-14/h2-10,16-17H,11-12H2,1H3,(H,22,23). The average Bonchev–Trinajstić information content (AvgIpc) is 2.54. The minimum absolute atomic E-state index is 0.148. The smallest absolute Gasteiger partial charge is 0.307 e. The van der Waals surface area contributed by atoms with Crippen molar-refractivity contribution in [3.8, 4) is 11.5 Å². The molecule has 124 valence electrons. The van der Waals surface area contributed by atoms with E-state index >= 15 is 0 Å². The molecular weight excluding hydrogens is 306 g/mol. The number of rotatable bonds is 5. The van der Waals surface area contributed by atoms with Crippen LogP contribution in [0.5, 0.6) is 11.5 Å². The van der Waals surface area contributed by atoms with Crippen LogP contribution in [0.25, 0.3) is 0 Å². The van der Waals surface area contributed by atoms with Gasteiger partial charge in [0.25, 0.3) is 0 Å². The Balaban J connectivity index is 1.66. The SMILES string of the molecule is CN(C(=O)C1CCC1C(=O)O)c1ccc(Oc2ccccc2)cc1. The van der Waals surface area contributed by atoms with Gasteiger partial charge in [-0.05, 0) is 49.2 Å². The molecule has 2 aromatic carbocycles. The van der Waals surface area contributed by atoms with E-state index in [1.54, 1.807) is 31.3 Å². The number of para-hydroxylation sites is 1. The second-order valence-electron chi connectivity index (χ2n) is 5.93. The largest absolute Gasteiger partial charge is 0.481 e. The molecule has 1 aliphatic carbocycles. The van der Waals surface area contributed by atoms with Crippen LogP contribution in [0.2, 0.25) is 0 Å². The van der Waals surface area contributed by atoms with Crippen LogP contribution in [0.1, 0.15) is 12.8 Å². The molecule has 0 aromatic heterocycles. The maximum Gasteiger partial charge on any atom is 0.307 e. The van der Waals surface area contributed by atoms with Crippen molar-refractivity contribution < 1.29 is 19.4 Å². The van der Waals surface area contributed by atoms with Gasteiger partial charge >= 0.3 is 5.97 Å². The number of ether oxygens (including phenoxy) is 1. The summed E-state index contributed by atoms with van der Waals surface area (Å²) < 4.78 is 5.72. The highest BCUT2D eigenvalue weighted by atomic mass is 16.5. The summed E-state index contributed by atoms with van der Waals surface area (Å²) in [7, 11) is 1.67. The van der Waals surface area contributed by atoms with Crippen molar-refractivity contribution in [2.45, 2.75) is 12.8 Å². The number of amides is 1. The van der Waals surface area contributed by atoms with Crippen LogP contribution >= 0.6 is 0 Å². The van der Waals surface area contributed by atoms with E-state index in [0.29, 0.717) is 18.6 Å². The predicted molar refractivity (Wildman–Crippen MR) is 90.2 cm³/mol. The zero-order valence-corrected chi connectivity index (χ0v) is 13.4. The number of aliphatic carboxylic acids is 1. The second kappa shape index (κ2) is 6.74. The van der Waals surface area contributed by atoms with Crippen molar-refractivity contribution in [3.63, 3.8) is 0 Å². The van der Waals surface area contributed by atoms with Crippen molar-refractivity contribution in [1.29, 1.82) is 0 Å². The van der Waals surface area contributed by atoms with Gasteiger partial charge < -0.3 is 14.7 Å². The third kappa shape index (κ3) is 3.25. The minimum atomic E-state index is -0.889. The van der Waals surface area contributed by atoms with Crippen molar-refractivity contribution in [3.05, 3.63) is 54.6 Å². The Labute approximate surface area is 140 Å². The van der Waals surface area contributed by atoms with Crippen LogP contribution in [-0.2, 0) is 9.59 Å². The summed E-state index contributed by atoms with van der Waals surface area (Å²) in [5.41, 5.74) is 0.719. The van der Waals surface area contributed by atoms with Crippen LogP contribution in [0.4, 0.5) is 5.69 Å². The summed E-state index contributed by atoms with van der Waals surface area (Å²) in [5, 5.41) is 9.09. The molecule has 0 saturated heterocycles. The highest BCUT2D eigenvalue weighted by Crippen LogP contribution is 2.36. The van der Waals surface area contributed by atoms with Gasteiger partial charge in [-0.15, -0.1) is 0 Å². The summed E-state index contributed by atoms with van der Waals surface area (Å²) in [4.78, 5) is 25.1. The molecule has 1 amide bonds. The lowest BCUT2D eigenvalue weighted by Crippen LogP contribution is -2.44. The highest BCUT2D eigenvalue weighted by molar-refractivity contribution is 5.97. The Bertz CT molecular complexity index is 727. The Hall–Kier alpha value is -2.82. The van der Waals surface area contributed by atoms with Crippen molar-refractivity contribution in [2.75, 3.05) is 11.9 Å². The van der Waals surface area contributed by atoms with Crippen LogP contribution in [0.15, 0.2) is 54.6 Å². The summed E-state index contributed by atoms with van der Waals surface area (Å²) in [6.45, 7) is 0. The van der Waals surface area contributed by atoms with E-state index < -0.39 is 17.8 Å². The molecule has 1 saturated carbocycles. The van der Waals surface area contributed by atoms with E-state index in [0.717, 1.165) is 11.4 Å². The van der Waals surface area contributed by atoms with Gasteiger partial charge in [0, 0.05) is 12.7 Å². The van der Waals surface area contributed by atoms with Gasteiger partial charge in [-0.2, -0.15) is 0 Å². The summed E-state index contributed by atoms with van der Waals surface area (Å²) in [6, 6.07) is 16.6. The Morgan fingerprint density at radius 3 is 2.08 bits per heavy atom. The monoisotopic (exact) mass is 325 g/mol. The van der Waals surface area contributed by atoms with Crippen molar-refractivity contribution in [2.24, 2.45) is 11.8 Å². The fourth-order valence-corrected chi connectivity index (χ4v) is 2.83. The summed E-state index contributed by atoms with van der Waals surface area (Å²) >= 11 is 0. The first kappa shape index (κ1) is 16.1. The first-order valence-corrected chi connectivity index (χ1v) is 7.89. The molecule has 0 heterocycles. The summed E-state index contributed by atoms with van der Waals surface area (Å²) in [6.07, 6.45) is 1.21. The molecule has 0 aliphatic heterocycles. The molecule has 2 atom stereocenters. The molecule has 2 aromatic rings. The van der Waals surface area contributed by atoms with Gasteiger partial charge in [-0.1, -0.05) is 18.2 Å². The van der Waals surface area contributed by atoms with Crippen molar-refractivity contribution in [1.82, 2.24) is 0 Å². The van der Waals surface area contributed by atoms with E-state index in [-0.39, 0.29) is 5.91 Å². The van der Waals surface area contributed by atoms with Crippen LogP contribution in [0, 0.1) is 11.8 Å². The quantitative estimate of drug-likeness (QED) is 0.913. The lowest BCUT2D eigenvalue weighted by Gasteiger charge is -2.35. The van der Waals surface area contributed by atoms with E-state index in [4.69, 9.17) is 9.84 Å². The maximum absolute atomic E-state index is 12.4. The molecule has 3 rings (SSSR count). The van der Waals surface area contributed by atoms with Gasteiger partial charge in [-0.3, -0.25) is 9.59 Å². The molecule has 2 unspecified atom stereocenters. The molecule has 1 aliphatic rings. The Morgan fingerprint density at radius 2 is 1.54 bits per heavy atom. The molecule has 5 heteroatoms. The van der Waals surface area contributed by atoms with E-state index in [1.165, 1.54) is 4.90 Å². The molecule has 24 heavy (non-hydrogen) atoms. The third-order valence-corrected chi connectivity index (χ3v) is 4.44. The number of hydrogen-bond acceptors (Lipinski definition) is 3. The minimum Gasteiger partial charge on any atom is -0.481 e. The summed E-state index contributed by atoms with van der Waals surface area (Å²) in [5.74, 6) is -0.593. The van der Waals surface area contributed by atoms with Crippen LogP contribution in [0.3, 0.4) is 0 Å². The number of carboxylic acid groups (broad SMARTS) is 1. The predicted octanol–water partition coefficient (Wildman–Crippen LogP) is 3.55.